The fraction of sp³-hybridized carbons (Fsp3) is 0.636. The number of carbonyl (C=O) groups excluding carboxylic acids is 3. The predicted octanol–water partition coefficient (Wildman–Crippen LogP) is 2.62. The summed E-state index contributed by atoms with van der Waals surface area (Å²) in [7, 11) is 0. The largest absolute Gasteiger partial charge is 0.459 e. The van der Waals surface area contributed by atoms with Crippen molar-refractivity contribution in [3.8, 4) is 10.4 Å². The first-order valence-electron chi connectivity index (χ1n) is 16.2. The van der Waals surface area contributed by atoms with Gasteiger partial charge in [0, 0.05) is 26.1 Å². The van der Waals surface area contributed by atoms with Crippen LogP contribution in [-0.2, 0) is 49.3 Å². The summed E-state index contributed by atoms with van der Waals surface area (Å²) in [6, 6.07) is 7.64. The smallest absolute Gasteiger partial charge is 0.407 e. The molecule has 48 heavy (non-hydrogen) atoms. The van der Waals surface area contributed by atoms with E-state index in [2.05, 4.69) is 20.9 Å². The maximum absolute atomic E-state index is 12.6. The molecule has 268 valence electrons. The minimum Gasteiger partial charge on any atom is -0.459 e. The van der Waals surface area contributed by atoms with Crippen molar-refractivity contribution in [2.75, 3.05) is 79.2 Å². The molecule has 3 rings (SSSR count). The van der Waals surface area contributed by atoms with Gasteiger partial charge in [-0.25, -0.2) is 14.6 Å². The Labute approximate surface area is 286 Å². The normalized spacial score (nSPS) is 16.1. The lowest BCUT2D eigenvalue weighted by Crippen LogP contribution is -2.39. The van der Waals surface area contributed by atoms with Crippen LogP contribution in [0.3, 0.4) is 0 Å². The molecule has 2 amide bonds. The number of amides is 2. The molecule has 0 spiro atoms. The Morgan fingerprint density at radius 1 is 0.875 bits per heavy atom. The zero-order valence-corrected chi connectivity index (χ0v) is 29.2. The molecule has 1 saturated heterocycles. The molecule has 3 N–H and O–H groups in total. The van der Waals surface area contributed by atoms with E-state index in [1.165, 1.54) is 0 Å². The number of hydrogen-bond acceptors (Lipinski definition) is 13. The average molecular weight is 695 g/mol. The molecule has 0 saturated carbocycles. The molecule has 1 aliphatic rings. The van der Waals surface area contributed by atoms with Crippen LogP contribution in [0.1, 0.15) is 38.4 Å². The highest BCUT2D eigenvalue weighted by molar-refractivity contribution is 7.13. The maximum Gasteiger partial charge on any atom is 0.407 e. The Morgan fingerprint density at radius 3 is 2.06 bits per heavy atom. The van der Waals surface area contributed by atoms with Crippen LogP contribution in [0.25, 0.3) is 10.4 Å². The minimum atomic E-state index is -0.527. The molecule has 1 fully saturated rings. The summed E-state index contributed by atoms with van der Waals surface area (Å²) in [6.45, 7) is 11.8. The third kappa shape index (κ3) is 16.3. The number of nitrogens with one attached hydrogen (secondary N) is 3. The Morgan fingerprint density at radius 2 is 1.48 bits per heavy atom. The van der Waals surface area contributed by atoms with Gasteiger partial charge in [-0.05, 0) is 38.8 Å². The van der Waals surface area contributed by atoms with Gasteiger partial charge in [-0.15, -0.1) is 11.3 Å². The third-order valence-electron chi connectivity index (χ3n) is 6.76. The van der Waals surface area contributed by atoms with Crippen LogP contribution in [0.4, 0.5) is 4.79 Å². The summed E-state index contributed by atoms with van der Waals surface area (Å²) in [5.74, 6) is -0.612. The van der Waals surface area contributed by atoms with Gasteiger partial charge >= 0.3 is 12.1 Å². The van der Waals surface area contributed by atoms with Crippen LogP contribution in [0.5, 0.6) is 0 Å². The lowest BCUT2D eigenvalue weighted by Gasteiger charge is -2.19. The quantitative estimate of drug-likeness (QED) is 0.122. The highest BCUT2D eigenvalue weighted by atomic mass is 32.1. The summed E-state index contributed by atoms with van der Waals surface area (Å²) in [4.78, 5) is 41.7. The van der Waals surface area contributed by atoms with E-state index < -0.39 is 29.8 Å². The topological polar surface area (TPSA) is 165 Å². The summed E-state index contributed by atoms with van der Waals surface area (Å²) in [5, 5.41) is 8.69. The molecule has 1 aliphatic heterocycles. The second-order valence-electron chi connectivity index (χ2n) is 11.9. The zero-order valence-electron chi connectivity index (χ0n) is 28.4. The molecule has 0 bridgehead atoms. The maximum atomic E-state index is 12.6. The van der Waals surface area contributed by atoms with E-state index in [0.29, 0.717) is 78.9 Å². The highest BCUT2D eigenvalue weighted by Gasteiger charge is 2.31. The van der Waals surface area contributed by atoms with E-state index in [1.807, 2.05) is 36.7 Å². The molecule has 1 aromatic carbocycles. The zero-order chi connectivity index (χ0) is 34.6. The van der Waals surface area contributed by atoms with E-state index in [0.717, 1.165) is 21.7 Å². The number of benzene rings is 1. The lowest BCUT2D eigenvalue weighted by atomic mass is 10.1. The van der Waals surface area contributed by atoms with Gasteiger partial charge in [0.1, 0.15) is 18.3 Å². The van der Waals surface area contributed by atoms with Crippen LogP contribution in [0.15, 0.2) is 29.8 Å². The van der Waals surface area contributed by atoms with Crippen LogP contribution >= 0.6 is 11.3 Å². The van der Waals surface area contributed by atoms with Crippen LogP contribution in [0, 0.1) is 6.92 Å². The fourth-order valence-electron chi connectivity index (χ4n) is 4.45. The Hall–Kier alpha value is -3.18. The van der Waals surface area contributed by atoms with Crippen molar-refractivity contribution >= 4 is 29.3 Å². The van der Waals surface area contributed by atoms with Gasteiger partial charge in [0.2, 0.25) is 5.91 Å². The Kier molecular flexibility index (Phi) is 17.8. The molecule has 2 heterocycles. The van der Waals surface area contributed by atoms with Crippen LogP contribution in [-0.4, -0.2) is 120 Å². The number of esters is 1. The fourth-order valence-corrected chi connectivity index (χ4v) is 5.26. The summed E-state index contributed by atoms with van der Waals surface area (Å²) < 4.78 is 37.6. The molecule has 2 unspecified atom stereocenters. The molecule has 0 aliphatic carbocycles. The Balaban J connectivity index is 1.08. The SMILES string of the molecule is Cc1ncsc1-c1ccc(CNC(=O)C2CC(OC(=O)COCCOCCOCCOCCOCCNC(=O)OC(C)(C)C)CN2)cc1. The molecule has 14 nitrogen and oxygen atoms in total. The van der Waals surface area contributed by atoms with Gasteiger partial charge < -0.3 is 49.1 Å². The third-order valence-corrected chi connectivity index (χ3v) is 7.73. The van der Waals surface area contributed by atoms with Crippen molar-refractivity contribution in [3.05, 3.63) is 41.0 Å². The van der Waals surface area contributed by atoms with Gasteiger partial charge in [-0.3, -0.25) is 4.79 Å². The predicted molar refractivity (Wildman–Crippen MR) is 179 cm³/mol. The van der Waals surface area contributed by atoms with E-state index in [9.17, 15) is 14.4 Å². The standard InChI is InChI=1S/C33H50N4O10S/c1-24-30(48-23-37-24)26-7-5-25(6-8-26)20-36-31(39)28-19-27(21-35-28)46-29(38)22-45-18-17-44-16-15-43-14-13-42-12-11-41-10-9-34-32(40)47-33(2,3)4/h5-8,23,27-28,35H,9-22H2,1-4H3,(H,34,40)(H,36,39). The number of aromatic nitrogens is 1. The second-order valence-corrected chi connectivity index (χ2v) is 12.8. The number of hydrogen-bond donors (Lipinski definition) is 3. The number of nitrogens with zero attached hydrogens (tertiary/aromatic N) is 1. The average Bonchev–Trinajstić information content (AvgIpc) is 3.69. The molecule has 2 atom stereocenters. The summed E-state index contributed by atoms with van der Waals surface area (Å²) >= 11 is 1.61. The number of thiazole rings is 1. The molecule has 2 aromatic rings. The van der Waals surface area contributed by atoms with E-state index in [4.69, 9.17) is 33.2 Å². The van der Waals surface area contributed by atoms with Crippen molar-refractivity contribution in [2.24, 2.45) is 0 Å². The van der Waals surface area contributed by atoms with Crippen LogP contribution in [0.2, 0.25) is 0 Å². The first kappa shape index (κ1) is 39.3. The molecule has 15 heteroatoms. The summed E-state index contributed by atoms with van der Waals surface area (Å²) in [6.07, 6.45) is -0.459. The first-order valence-corrected chi connectivity index (χ1v) is 17.0. The van der Waals surface area contributed by atoms with E-state index in [1.54, 1.807) is 32.1 Å². The number of rotatable bonds is 22. The van der Waals surface area contributed by atoms with Crippen molar-refractivity contribution < 1.29 is 47.5 Å². The van der Waals surface area contributed by atoms with E-state index in [-0.39, 0.29) is 19.1 Å². The van der Waals surface area contributed by atoms with Gasteiger partial charge in [0.15, 0.2) is 0 Å². The first-order chi connectivity index (χ1) is 23.1. The van der Waals surface area contributed by atoms with E-state index >= 15 is 0 Å². The monoisotopic (exact) mass is 694 g/mol. The van der Waals surface area contributed by atoms with Crippen molar-refractivity contribution in [2.45, 2.75) is 58.4 Å². The molecular formula is C33H50N4O10S. The molecular weight excluding hydrogens is 644 g/mol. The highest BCUT2D eigenvalue weighted by Crippen LogP contribution is 2.27. The minimum absolute atomic E-state index is 0.131. The van der Waals surface area contributed by atoms with Crippen molar-refractivity contribution in [1.82, 2.24) is 20.9 Å². The number of ether oxygens (including phenoxy) is 7. The van der Waals surface area contributed by atoms with Gasteiger partial charge in [0.05, 0.1) is 81.6 Å². The molecule has 0 radical (unpaired) electrons. The van der Waals surface area contributed by atoms with Crippen LogP contribution < -0.4 is 16.0 Å². The van der Waals surface area contributed by atoms with Crippen molar-refractivity contribution in [3.63, 3.8) is 0 Å². The second kappa shape index (κ2) is 21.7. The van der Waals surface area contributed by atoms with Crippen molar-refractivity contribution in [1.29, 1.82) is 0 Å². The van der Waals surface area contributed by atoms with Gasteiger partial charge in [0.25, 0.3) is 0 Å². The lowest BCUT2D eigenvalue weighted by molar-refractivity contribution is -0.154. The molecule has 1 aromatic heterocycles. The number of alkyl carbamates (subject to hydrolysis) is 1. The van der Waals surface area contributed by atoms with Gasteiger partial charge in [-0.1, -0.05) is 24.3 Å². The summed E-state index contributed by atoms with van der Waals surface area (Å²) in [5.41, 5.74) is 4.42. The Bertz CT molecular complexity index is 1240. The van der Waals surface area contributed by atoms with Gasteiger partial charge in [-0.2, -0.15) is 0 Å². The number of carbonyl (C=O) groups is 3. The number of aryl methyl sites for hydroxylation is 1.